The fourth-order valence-corrected chi connectivity index (χ4v) is 2.93. The molecule has 0 aliphatic carbocycles. The number of hydrogen-bond donors (Lipinski definition) is 1. The minimum Gasteiger partial charge on any atom is -0.349 e. The Kier molecular flexibility index (Phi) is 6.38. The molecule has 0 spiro atoms. The van der Waals surface area contributed by atoms with E-state index in [0.717, 1.165) is 0 Å². The van der Waals surface area contributed by atoms with Crippen LogP contribution in [0.15, 0.2) is 53.3 Å². The van der Waals surface area contributed by atoms with Gasteiger partial charge in [-0.25, -0.2) is 0 Å². The molecule has 0 aliphatic heterocycles. The van der Waals surface area contributed by atoms with Gasteiger partial charge in [0.2, 0.25) is 0 Å². The minimum absolute atomic E-state index is 0.0883. The summed E-state index contributed by atoms with van der Waals surface area (Å²) in [6.07, 6.45) is -0.727. The molecule has 0 bridgehead atoms. The van der Waals surface area contributed by atoms with Gasteiger partial charge >= 0.3 is 6.18 Å². The first-order chi connectivity index (χ1) is 11.7. The zero-order chi connectivity index (χ0) is 18.6. The van der Waals surface area contributed by atoms with Crippen LogP contribution >= 0.6 is 43.7 Å². The second-order valence-electron chi connectivity index (χ2n) is 4.71. The zero-order valence-electron chi connectivity index (χ0n) is 12.3. The SMILES string of the molecule is Brn1cccc1.N#Cc1c(-c2ccc(Cl)cc2)[nH]c(C(F)(F)F)c1Br. The first-order valence-corrected chi connectivity index (χ1v) is 8.56. The van der Waals surface area contributed by atoms with Crippen molar-refractivity contribution in [3.8, 4) is 17.3 Å². The summed E-state index contributed by atoms with van der Waals surface area (Å²) >= 11 is 11.7. The summed E-state index contributed by atoms with van der Waals surface area (Å²) in [6, 6.07) is 11.8. The van der Waals surface area contributed by atoms with Crippen LogP contribution in [0.3, 0.4) is 0 Å². The first-order valence-electron chi connectivity index (χ1n) is 6.68. The van der Waals surface area contributed by atoms with Gasteiger partial charge in [0.25, 0.3) is 0 Å². The Bertz CT molecular complexity index is 879. The van der Waals surface area contributed by atoms with E-state index in [4.69, 9.17) is 16.9 Å². The average molecular weight is 496 g/mol. The highest BCUT2D eigenvalue weighted by Crippen LogP contribution is 2.40. The van der Waals surface area contributed by atoms with E-state index in [0.29, 0.717) is 10.6 Å². The number of nitriles is 1. The van der Waals surface area contributed by atoms with Crippen LogP contribution in [-0.4, -0.2) is 8.58 Å². The van der Waals surface area contributed by atoms with Gasteiger partial charge in [0.05, 0.1) is 31.9 Å². The van der Waals surface area contributed by atoms with E-state index in [9.17, 15) is 13.2 Å². The summed E-state index contributed by atoms with van der Waals surface area (Å²) in [5, 5.41) is 9.46. The molecule has 1 N–H and O–H groups in total. The third-order valence-corrected chi connectivity index (χ3v) is 4.55. The van der Waals surface area contributed by atoms with Crippen LogP contribution in [0, 0.1) is 11.3 Å². The molecule has 25 heavy (non-hydrogen) atoms. The van der Waals surface area contributed by atoms with Crippen molar-refractivity contribution in [1.29, 1.82) is 5.26 Å². The third-order valence-electron chi connectivity index (χ3n) is 3.04. The van der Waals surface area contributed by atoms with Gasteiger partial charge in [0, 0.05) is 17.4 Å². The summed E-state index contributed by atoms with van der Waals surface area (Å²) in [4.78, 5) is 2.24. The summed E-state index contributed by atoms with van der Waals surface area (Å²) in [5.41, 5.74) is -0.501. The summed E-state index contributed by atoms with van der Waals surface area (Å²) in [7, 11) is 0. The molecule has 0 saturated carbocycles. The Morgan fingerprint density at radius 2 is 1.68 bits per heavy atom. The highest BCUT2D eigenvalue weighted by Gasteiger charge is 2.37. The molecule has 0 amide bonds. The van der Waals surface area contributed by atoms with Crippen LogP contribution in [-0.2, 0) is 6.18 Å². The number of nitrogens with one attached hydrogen (secondary N) is 1. The number of halogens is 6. The fourth-order valence-electron chi connectivity index (χ4n) is 1.92. The van der Waals surface area contributed by atoms with Crippen LogP contribution in [0.2, 0.25) is 5.02 Å². The van der Waals surface area contributed by atoms with Gasteiger partial charge in [-0.05, 0) is 45.8 Å². The largest absolute Gasteiger partial charge is 0.432 e. The molecule has 3 nitrogen and oxygen atoms in total. The summed E-state index contributed by atoms with van der Waals surface area (Å²) in [6.45, 7) is 0. The predicted molar refractivity (Wildman–Crippen MR) is 97.4 cm³/mol. The van der Waals surface area contributed by atoms with Crippen molar-refractivity contribution in [2.24, 2.45) is 0 Å². The number of aromatic amines is 1. The number of aromatic nitrogens is 2. The molecule has 9 heteroatoms. The lowest BCUT2D eigenvalue weighted by atomic mass is 10.1. The third kappa shape index (κ3) is 4.91. The standard InChI is InChI=1S/C12H5BrClF3N2.C4H4BrN/c13-9-8(5-18)10(19-11(9)12(15,16)17)6-1-3-7(14)4-2-6;5-6-3-1-2-4-6/h1-4,19H;1-4H. The van der Waals surface area contributed by atoms with E-state index in [1.807, 2.05) is 28.1 Å². The molecule has 1 aromatic carbocycles. The van der Waals surface area contributed by atoms with Crippen LogP contribution in [0.4, 0.5) is 13.2 Å². The molecule has 0 unspecified atom stereocenters. The number of nitrogens with zero attached hydrogens (tertiary/aromatic N) is 2. The lowest BCUT2D eigenvalue weighted by Gasteiger charge is -2.03. The van der Waals surface area contributed by atoms with Gasteiger partial charge in [-0.3, -0.25) is 3.59 Å². The molecule has 0 atom stereocenters. The van der Waals surface area contributed by atoms with E-state index in [1.165, 1.54) is 0 Å². The van der Waals surface area contributed by atoms with E-state index >= 15 is 0 Å². The molecule has 0 saturated heterocycles. The van der Waals surface area contributed by atoms with Crippen molar-refractivity contribution in [1.82, 2.24) is 8.58 Å². The first kappa shape index (κ1) is 19.6. The Balaban J connectivity index is 0.000000316. The van der Waals surface area contributed by atoms with Gasteiger partial charge in [-0.1, -0.05) is 23.7 Å². The molecule has 0 radical (unpaired) electrons. The van der Waals surface area contributed by atoms with E-state index in [1.54, 1.807) is 30.3 Å². The number of rotatable bonds is 1. The van der Waals surface area contributed by atoms with Gasteiger partial charge in [-0.15, -0.1) is 0 Å². The second kappa shape index (κ2) is 8.13. The lowest BCUT2D eigenvalue weighted by molar-refractivity contribution is -0.141. The Morgan fingerprint density at radius 3 is 2.08 bits per heavy atom. The summed E-state index contributed by atoms with van der Waals surface area (Å²) in [5.74, 6) is 0. The smallest absolute Gasteiger partial charge is 0.349 e. The Hall–Kier alpha value is -1.69. The molecule has 0 fully saturated rings. The Morgan fingerprint density at radius 1 is 1.12 bits per heavy atom. The molecule has 3 aromatic rings. The number of hydrogen-bond acceptors (Lipinski definition) is 1. The van der Waals surface area contributed by atoms with Crippen LogP contribution in [0.1, 0.15) is 11.3 Å². The highest BCUT2D eigenvalue weighted by atomic mass is 79.9. The molecule has 3 rings (SSSR count). The van der Waals surface area contributed by atoms with Crippen LogP contribution in [0.5, 0.6) is 0 Å². The molecule has 0 aliphatic rings. The summed E-state index contributed by atoms with van der Waals surface area (Å²) < 4.78 is 39.8. The minimum atomic E-state index is -4.56. The average Bonchev–Trinajstić information content (AvgIpc) is 3.14. The maximum Gasteiger partial charge on any atom is 0.432 e. The zero-order valence-corrected chi connectivity index (χ0v) is 16.2. The fraction of sp³-hybridized carbons (Fsp3) is 0.0625. The second-order valence-corrected chi connectivity index (χ2v) is 6.76. The Labute approximate surface area is 163 Å². The van der Waals surface area contributed by atoms with Crippen LogP contribution < -0.4 is 0 Å². The van der Waals surface area contributed by atoms with Gasteiger partial charge in [-0.2, -0.15) is 18.4 Å². The van der Waals surface area contributed by atoms with Gasteiger partial charge in [0.1, 0.15) is 11.8 Å². The van der Waals surface area contributed by atoms with E-state index in [2.05, 4.69) is 37.1 Å². The van der Waals surface area contributed by atoms with E-state index < -0.39 is 11.9 Å². The predicted octanol–water partition coefficient (Wildman–Crippen LogP) is 6.63. The van der Waals surface area contributed by atoms with Crippen molar-refractivity contribution in [2.45, 2.75) is 6.18 Å². The highest BCUT2D eigenvalue weighted by molar-refractivity contribution is 9.10. The van der Waals surface area contributed by atoms with Crippen LogP contribution in [0.25, 0.3) is 11.3 Å². The maximum atomic E-state index is 12.8. The molecule has 130 valence electrons. The maximum absolute atomic E-state index is 12.8. The number of H-pyrrole nitrogens is 1. The molecule has 2 heterocycles. The molecule has 2 aromatic heterocycles. The van der Waals surface area contributed by atoms with Crippen molar-refractivity contribution in [2.75, 3.05) is 0 Å². The van der Waals surface area contributed by atoms with Crippen molar-refractivity contribution in [3.63, 3.8) is 0 Å². The van der Waals surface area contributed by atoms with Crippen molar-refractivity contribution >= 4 is 43.7 Å². The molecular formula is C16H9Br2ClF3N3. The topological polar surface area (TPSA) is 44.5 Å². The van der Waals surface area contributed by atoms with E-state index in [-0.39, 0.29) is 15.7 Å². The lowest BCUT2D eigenvalue weighted by Crippen LogP contribution is -2.06. The van der Waals surface area contributed by atoms with Crippen molar-refractivity contribution in [3.05, 3.63) is 69.5 Å². The van der Waals surface area contributed by atoms with Crippen molar-refractivity contribution < 1.29 is 13.2 Å². The van der Waals surface area contributed by atoms with Gasteiger partial charge in [0.15, 0.2) is 0 Å². The number of alkyl halides is 3. The molecular weight excluding hydrogens is 486 g/mol. The normalized spacial score (nSPS) is 10.8. The van der Waals surface area contributed by atoms with Gasteiger partial charge < -0.3 is 4.98 Å². The number of benzene rings is 1. The quantitative estimate of drug-likeness (QED) is 0.404. The monoisotopic (exact) mass is 493 g/mol.